The fraction of sp³-hybridized carbons (Fsp3) is 0.643. The number of nitrogens with zero attached hydrogens (tertiary/aromatic N) is 1. The third kappa shape index (κ3) is 3.43. The molecule has 1 aromatic rings. The fourth-order valence-corrected chi connectivity index (χ4v) is 2.66. The van der Waals surface area contributed by atoms with Crippen molar-refractivity contribution in [3.8, 4) is 0 Å². The van der Waals surface area contributed by atoms with E-state index in [0.717, 1.165) is 11.5 Å². The average Bonchev–Trinajstić information content (AvgIpc) is 2.46. The van der Waals surface area contributed by atoms with Crippen molar-refractivity contribution in [2.75, 3.05) is 5.43 Å². The van der Waals surface area contributed by atoms with Crippen molar-refractivity contribution >= 4 is 5.82 Å². The molecule has 0 radical (unpaired) electrons. The Labute approximate surface area is 109 Å². The number of aromatic nitrogens is 1. The minimum absolute atomic E-state index is 0.427. The van der Waals surface area contributed by atoms with Gasteiger partial charge in [-0.3, -0.25) is 0 Å². The summed E-state index contributed by atoms with van der Waals surface area (Å²) in [5.41, 5.74) is 3.63. The second-order valence-electron chi connectivity index (χ2n) is 5.00. The zero-order valence-corrected chi connectivity index (χ0v) is 11.1. The van der Waals surface area contributed by atoms with E-state index in [1.54, 1.807) is 0 Å². The minimum Gasteiger partial charge on any atom is -0.373 e. The lowest BCUT2D eigenvalue weighted by molar-refractivity contribution is -0.0222. The van der Waals surface area contributed by atoms with Crippen LogP contribution in [0, 0.1) is 5.92 Å². The second kappa shape index (κ2) is 6.71. The summed E-state index contributed by atoms with van der Waals surface area (Å²) in [6, 6.07) is 3.88. The van der Waals surface area contributed by atoms with Crippen LogP contribution in [0.1, 0.15) is 44.6 Å². The second-order valence-corrected chi connectivity index (χ2v) is 5.00. The maximum atomic E-state index is 6.05. The van der Waals surface area contributed by atoms with Gasteiger partial charge in [0, 0.05) is 6.20 Å². The molecule has 2 unspecified atom stereocenters. The summed E-state index contributed by atoms with van der Waals surface area (Å²) >= 11 is 0. The molecular formula is C14H23N3O. The monoisotopic (exact) mass is 249 g/mol. The molecule has 0 bridgehead atoms. The van der Waals surface area contributed by atoms with Crippen molar-refractivity contribution in [1.82, 2.24) is 4.98 Å². The van der Waals surface area contributed by atoms with Crippen LogP contribution < -0.4 is 11.3 Å². The number of anilines is 1. The molecule has 0 spiro atoms. The van der Waals surface area contributed by atoms with E-state index in [1.165, 1.54) is 32.1 Å². The molecule has 4 heteroatoms. The van der Waals surface area contributed by atoms with Crippen molar-refractivity contribution in [1.29, 1.82) is 0 Å². The summed E-state index contributed by atoms with van der Waals surface area (Å²) in [4.78, 5) is 4.18. The Hall–Kier alpha value is -1.13. The molecule has 0 amide bonds. The van der Waals surface area contributed by atoms with Gasteiger partial charge >= 0.3 is 0 Å². The summed E-state index contributed by atoms with van der Waals surface area (Å²) in [5, 5.41) is 0. The lowest BCUT2D eigenvalue weighted by Gasteiger charge is -2.30. The Kier molecular flexibility index (Phi) is 4.96. The summed E-state index contributed by atoms with van der Waals surface area (Å²) in [5.74, 6) is 6.70. The normalized spacial score (nSPS) is 23.9. The average molecular weight is 249 g/mol. The third-order valence-corrected chi connectivity index (χ3v) is 3.80. The highest BCUT2D eigenvalue weighted by Crippen LogP contribution is 2.29. The summed E-state index contributed by atoms with van der Waals surface area (Å²) < 4.78 is 6.05. The Balaban J connectivity index is 1.85. The van der Waals surface area contributed by atoms with Gasteiger partial charge in [0.2, 0.25) is 0 Å². The highest BCUT2D eigenvalue weighted by atomic mass is 16.5. The number of hydrogen-bond donors (Lipinski definition) is 2. The summed E-state index contributed by atoms with van der Waals surface area (Å²) in [6.45, 7) is 2.91. The zero-order valence-electron chi connectivity index (χ0n) is 11.1. The molecule has 100 valence electrons. The molecular weight excluding hydrogens is 226 g/mol. The Bertz CT molecular complexity index is 353. The van der Waals surface area contributed by atoms with Crippen LogP contribution in [0.25, 0.3) is 0 Å². The van der Waals surface area contributed by atoms with Crippen LogP contribution in [0.3, 0.4) is 0 Å². The lowest BCUT2D eigenvalue weighted by atomic mass is 9.85. The smallest absolute Gasteiger partial charge is 0.139 e. The molecule has 4 nitrogen and oxygen atoms in total. The van der Waals surface area contributed by atoms with Crippen molar-refractivity contribution in [2.24, 2.45) is 11.8 Å². The van der Waals surface area contributed by atoms with E-state index in [9.17, 15) is 0 Å². The topological polar surface area (TPSA) is 60.2 Å². The summed E-state index contributed by atoms with van der Waals surface area (Å²) in [7, 11) is 0. The molecule has 0 saturated heterocycles. The first kappa shape index (κ1) is 13.3. The van der Waals surface area contributed by atoms with Gasteiger partial charge in [-0.15, -0.1) is 0 Å². The predicted molar refractivity (Wildman–Crippen MR) is 72.9 cm³/mol. The molecule has 2 atom stereocenters. The van der Waals surface area contributed by atoms with E-state index in [-0.39, 0.29) is 0 Å². The number of nitrogens with one attached hydrogen (secondary N) is 1. The van der Waals surface area contributed by atoms with Crippen molar-refractivity contribution in [2.45, 2.75) is 51.7 Å². The van der Waals surface area contributed by atoms with E-state index in [4.69, 9.17) is 10.6 Å². The SMILES string of the molecule is CCC1CCCCC1OCc1ccc(NN)nc1. The van der Waals surface area contributed by atoms with E-state index < -0.39 is 0 Å². The Morgan fingerprint density at radius 1 is 1.39 bits per heavy atom. The third-order valence-electron chi connectivity index (χ3n) is 3.80. The molecule has 1 aliphatic carbocycles. The molecule has 3 N–H and O–H groups in total. The Morgan fingerprint density at radius 2 is 2.22 bits per heavy atom. The number of nitrogen functional groups attached to an aromatic ring is 1. The van der Waals surface area contributed by atoms with Crippen LogP contribution in [0.15, 0.2) is 18.3 Å². The van der Waals surface area contributed by atoms with Crippen molar-refractivity contribution < 1.29 is 4.74 Å². The Morgan fingerprint density at radius 3 is 2.89 bits per heavy atom. The highest BCUT2D eigenvalue weighted by molar-refractivity contribution is 5.33. The number of nitrogens with two attached hydrogens (primary N) is 1. The maximum absolute atomic E-state index is 6.05. The standard InChI is InChI=1S/C14H23N3O/c1-2-12-5-3-4-6-13(12)18-10-11-7-8-14(17-15)16-9-11/h7-9,12-13H,2-6,10,15H2,1H3,(H,16,17). The molecule has 1 aliphatic rings. The van der Waals surface area contributed by atoms with Crippen LogP contribution in [0.4, 0.5) is 5.82 Å². The fourth-order valence-electron chi connectivity index (χ4n) is 2.66. The quantitative estimate of drug-likeness (QED) is 0.622. The lowest BCUT2D eigenvalue weighted by Crippen LogP contribution is -2.27. The van der Waals surface area contributed by atoms with Gasteiger partial charge in [0.25, 0.3) is 0 Å². The predicted octanol–water partition coefficient (Wildman–Crippen LogP) is 2.85. The van der Waals surface area contributed by atoms with Gasteiger partial charge in [0.05, 0.1) is 12.7 Å². The van der Waals surface area contributed by atoms with Gasteiger partial charge in [-0.2, -0.15) is 0 Å². The number of pyridine rings is 1. The van der Waals surface area contributed by atoms with E-state index in [0.29, 0.717) is 18.5 Å². The number of rotatable bonds is 5. The van der Waals surface area contributed by atoms with Crippen LogP contribution >= 0.6 is 0 Å². The molecule has 1 fully saturated rings. The van der Waals surface area contributed by atoms with Crippen LogP contribution in [0.2, 0.25) is 0 Å². The molecule has 1 heterocycles. The zero-order chi connectivity index (χ0) is 12.8. The van der Waals surface area contributed by atoms with Gasteiger partial charge in [0.15, 0.2) is 0 Å². The van der Waals surface area contributed by atoms with Gasteiger partial charge in [0.1, 0.15) is 5.82 Å². The molecule has 0 aromatic carbocycles. The van der Waals surface area contributed by atoms with E-state index in [2.05, 4.69) is 17.3 Å². The van der Waals surface area contributed by atoms with Crippen molar-refractivity contribution in [3.05, 3.63) is 23.9 Å². The maximum Gasteiger partial charge on any atom is 0.139 e. The number of hydrogen-bond acceptors (Lipinski definition) is 4. The molecule has 2 rings (SSSR count). The van der Waals surface area contributed by atoms with Crippen molar-refractivity contribution in [3.63, 3.8) is 0 Å². The van der Waals surface area contributed by atoms with Crippen LogP contribution in [0.5, 0.6) is 0 Å². The number of ether oxygens (including phenoxy) is 1. The number of hydrazine groups is 1. The van der Waals surface area contributed by atoms with Gasteiger partial charge in [-0.05, 0) is 30.4 Å². The minimum atomic E-state index is 0.427. The van der Waals surface area contributed by atoms with E-state index in [1.807, 2.05) is 18.3 Å². The molecule has 0 aliphatic heterocycles. The highest BCUT2D eigenvalue weighted by Gasteiger charge is 2.24. The van der Waals surface area contributed by atoms with Gasteiger partial charge in [-0.25, -0.2) is 10.8 Å². The summed E-state index contributed by atoms with van der Waals surface area (Å²) in [6.07, 6.45) is 8.64. The molecule has 1 saturated carbocycles. The largest absolute Gasteiger partial charge is 0.373 e. The van der Waals surface area contributed by atoms with Crippen LogP contribution in [-0.4, -0.2) is 11.1 Å². The first-order valence-electron chi connectivity index (χ1n) is 6.86. The molecule has 1 aromatic heterocycles. The van der Waals surface area contributed by atoms with Gasteiger partial charge < -0.3 is 10.2 Å². The molecule has 18 heavy (non-hydrogen) atoms. The van der Waals surface area contributed by atoms with E-state index >= 15 is 0 Å². The van der Waals surface area contributed by atoms with Crippen LogP contribution in [-0.2, 0) is 11.3 Å². The van der Waals surface area contributed by atoms with Gasteiger partial charge in [-0.1, -0.05) is 32.3 Å². The first-order chi connectivity index (χ1) is 8.83. The first-order valence-corrected chi connectivity index (χ1v) is 6.86.